The van der Waals surface area contributed by atoms with Gasteiger partial charge in [-0.05, 0) is 90.8 Å². The molecule has 2 heterocycles. The largest absolute Gasteiger partial charge is 0.302 e. The van der Waals surface area contributed by atoms with E-state index in [0.29, 0.717) is 22.7 Å². The predicted octanol–water partition coefficient (Wildman–Crippen LogP) is 5.16. The van der Waals surface area contributed by atoms with Crippen LogP contribution >= 0.6 is 39.0 Å². The first-order valence-corrected chi connectivity index (χ1v) is 11.9. The second-order valence-electron chi connectivity index (χ2n) is 7.64. The Morgan fingerprint density at radius 3 is 2.56 bits per heavy atom. The molecule has 2 fully saturated rings. The van der Waals surface area contributed by atoms with Crippen LogP contribution in [0.15, 0.2) is 15.1 Å². The van der Waals surface area contributed by atoms with Crippen LogP contribution in [-0.4, -0.2) is 25.4 Å². The maximum atomic E-state index is 12.1. The van der Waals surface area contributed by atoms with Crippen molar-refractivity contribution in [3.05, 3.63) is 25.6 Å². The van der Waals surface area contributed by atoms with Crippen LogP contribution in [0, 0.1) is 4.91 Å². The molecular weight excluding hydrogens is 448 g/mol. The average molecular weight is 467 g/mol. The summed E-state index contributed by atoms with van der Waals surface area (Å²) in [5, 5.41) is 13.1. The van der Waals surface area contributed by atoms with E-state index < -0.39 is 10.7 Å². The third-order valence-corrected chi connectivity index (χ3v) is 9.25. The normalized spacial score (nSPS) is 20.8. The topological polar surface area (TPSA) is 77.2 Å². The Hall–Kier alpha value is -1.06. The van der Waals surface area contributed by atoms with Gasteiger partial charge in [-0.25, -0.2) is 0 Å². The zero-order chi connectivity index (χ0) is 18.6. The number of thioether (sulfide) groups is 1. The van der Waals surface area contributed by atoms with E-state index in [1.807, 2.05) is 15.9 Å². The summed E-state index contributed by atoms with van der Waals surface area (Å²) < 4.78 is 1.94. The first-order valence-electron chi connectivity index (χ1n) is 9.45. The Labute approximate surface area is 173 Å². The first kappa shape index (κ1) is 18.0. The number of carbonyl (C=O) groups excluding carboxylic acids is 1. The van der Waals surface area contributed by atoms with Crippen LogP contribution in [0.4, 0.5) is 0 Å². The lowest BCUT2D eigenvalue weighted by Crippen LogP contribution is -2.41. The van der Waals surface area contributed by atoms with E-state index in [4.69, 9.17) is 0 Å². The smallest absolute Gasteiger partial charge is 0.267 e. The number of hydrogen-bond acceptors (Lipinski definition) is 6. The summed E-state index contributed by atoms with van der Waals surface area (Å²) in [6.07, 6.45) is 9.58. The number of aromatic nitrogens is 3. The Morgan fingerprint density at radius 2 is 1.93 bits per heavy atom. The van der Waals surface area contributed by atoms with Gasteiger partial charge in [0.1, 0.15) is 9.75 Å². The fourth-order valence-electron chi connectivity index (χ4n) is 4.10. The quantitative estimate of drug-likeness (QED) is 0.568. The molecule has 27 heavy (non-hydrogen) atoms. The van der Waals surface area contributed by atoms with Gasteiger partial charge in [0.15, 0.2) is 5.16 Å². The zero-order valence-electron chi connectivity index (χ0n) is 14.7. The number of halogens is 1. The lowest BCUT2D eigenvalue weighted by atomic mass is 9.84. The Balaban J connectivity index is 1.58. The summed E-state index contributed by atoms with van der Waals surface area (Å²) in [5.74, 6) is 0.150. The third kappa shape index (κ3) is 2.93. The summed E-state index contributed by atoms with van der Waals surface area (Å²) in [7, 11) is 0. The lowest BCUT2D eigenvalue weighted by Gasteiger charge is -2.36. The first-order chi connectivity index (χ1) is 13.1. The minimum Gasteiger partial charge on any atom is -0.267 e. The summed E-state index contributed by atoms with van der Waals surface area (Å²) in [5.41, 5.74) is 2.97. The summed E-state index contributed by atoms with van der Waals surface area (Å²) in [6, 6.07) is 0. The molecule has 0 aliphatic heterocycles. The lowest BCUT2D eigenvalue weighted by molar-refractivity contribution is -0.122. The number of fused-ring (bicyclic) bond motifs is 1. The number of hydrogen-bond donors (Lipinski definition) is 0. The molecule has 0 spiro atoms. The molecule has 2 saturated carbocycles. The number of nitrogens with zero attached hydrogens (tertiary/aromatic N) is 4. The molecule has 0 bridgehead atoms. The van der Waals surface area contributed by atoms with Crippen LogP contribution in [-0.2, 0) is 17.6 Å². The van der Waals surface area contributed by atoms with E-state index >= 15 is 0 Å². The molecule has 9 heteroatoms. The van der Waals surface area contributed by atoms with Gasteiger partial charge in [0.2, 0.25) is 4.73 Å². The van der Waals surface area contributed by atoms with Gasteiger partial charge in [-0.15, -0.1) is 26.4 Å². The standard InChI is InChI=1S/C18H19BrN4O2S2/c19-16-20-21-17(27-18(8-3-9-18)15(24)22-25)23(16)14-12-5-2-1-4-11(12)13(26-14)10-6-7-10/h10H,1-9H2. The summed E-state index contributed by atoms with van der Waals surface area (Å²) in [4.78, 5) is 24.6. The molecule has 3 aliphatic carbocycles. The van der Waals surface area contributed by atoms with Crippen LogP contribution in [0.5, 0.6) is 0 Å². The number of nitroso groups, excluding NO2 is 1. The van der Waals surface area contributed by atoms with Crippen LogP contribution < -0.4 is 0 Å². The van der Waals surface area contributed by atoms with Crippen molar-refractivity contribution in [3.8, 4) is 5.00 Å². The molecule has 0 aromatic carbocycles. The van der Waals surface area contributed by atoms with E-state index in [-0.39, 0.29) is 0 Å². The van der Waals surface area contributed by atoms with Crippen molar-refractivity contribution in [1.82, 2.24) is 14.8 Å². The van der Waals surface area contributed by atoms with Gasteiger partial charge in [-0.2, -0.15) is 0 Å². The van der Waals surface area contributed by atoms with E-state index in [2.05, 4.69) is 31.3 Å². The van der Waals surface area contributed by atoms with E-state index in [1.165, 1.54) is 48.0 Å². The molecule has 5 rings (SSSR count). The number of carbonyl (C=O) groups is 1. The zero-order valence-corrected chi connectivity index (χ0v) is 18.0. The van der Waals surface area contributed by atoms with Gasteiger partial charge >= 0.3 is 5.91 Å². The van der Waals surface area contributed by atoms with Crippen molar-refractivity contribution >= 4 is 44.9 Å². The fraction of sp³-hybridized carbons (Fsp3) is 0.611. The molecule has 0 unspecified atom stereocenters. The van der Waals surface area contributed by atoms with Gasteiger partial charge < -0.3 is 0 Å². The molecule has 6 nitrogen and oxygen atoms in total. The van der Waals surface area contributed by atoms with Crippen LogP contribution in [0.2, 0.25) is 0 Å². The van der Waals surface area contributed by atoms with Crippen molar-refractivity contribution in [2.24, 2.45) is 5.18 Å². The maximum Gasteiger partial charge on any atom is 0.302 e. The van der Waals surface area contributed by atoms with Gasteiger partial charge in [-0.3, -0.25) is 9.36 Å². The molecular formula is C18H19BrN4O2S2. The molecule has 0 N–H and O–H groups in total. The van der Waals surface area contributed by atoms with Crippen molar-refractivity contribution in [2.45, 2.75) is 73.6 Å². The fourth-order valence-corrected chi connectivity index (χ4v) is 7.71. The number of amides is 1. The second kappa shape index (κ2) is 6.77. The maximum absolute atomic E-state index is 12.1. The van der Waals surface area contributed by atoms with Crippen molar-refractivity contribution in [1.29, 1.82) is 0 Å². The van der Waals surface area contributed by atoms with E-state index in [1.54, 1.807) is 10.4 Å². The van der Waals surface area contributed by atoms with E-state index in [0.717, 1.165) is 25.2 Å². The Kier molecular flexibility index (Phi) is 4.52. The second-order valence-corrected chi connectivity index (χ2v) is 10.7. The summed E-state index contributed by atoms with van der Waals surface area (Å²) >= 11 is 6.78. The monoisotopic (exact) mass is 466 g/mol. The molecule has 2 aromatic rings. The van der Waals surface area contributed by atoms with Gasteiger partial charge in [0.25, 0.3) is 0 Å². The number of rotatable bonds is 5. The third-order valence-electron chi connectivity index (χ3n) is 5.90. The van der Waals surface area contributed by atoms with Gasteiger partial charge in [0.05, 0.1) is 0 Å². The van der Waals surface area contributed by atoms with Crippen molar-refractivity contribution < 1.29 is 4.79 Å². The Bertz CT molecular complexity index is 930. The van der Waals surface area contributed by atoms with Crippen LogP contribution in [0.25, 0.3) is 5.00 Å². The Morgan fingerprint density at radius 1 is 1.19 bits per heavy atom. The minimum absolute atomic E-state index is 0.573. The highest BCUT2D eigenvalue weighted by Crippen LogP contribution is 2.52. The highest BCUT2D eigenvalue weighted by molar-refractivity contribution is 9.10. The van der Waals surface area contributed by atoms with E-state index in [9.17, 15) is 9.70 Å². The highest BCUT2D eigenvalue weighted by atomic mass is 79.9. The average Bonchev–Trinajstić information content (AvgIpc) is 3.34. The molecule has 1 amide bonds. The van der Waals surface area contributed by atoms with Crippen LogP contribution in [0.1, 0.15) is 66.9 Å². The van der Waals surface area contributed by atoms with Gasteiger partial charge in [-0.1, -0.05) is 11.8 Å². The molecule has 0 radical (unpaired) electrons. The van der Waals surface area contributed by atoms with Crippen molar-refractivity contribution in [3.63, 3.8) is 0 Å². The molecule has 142 valence electrons. The predicted molar refractivity (Wildman–Crippen MR) is 109 cm³/mol. The highest BCUT2D eigenvalue weighted by Gasteiger charge is 2.48. The molecule has 3 aliphatic rings. The summed E-state index contributed by atoms with van der Waals surface area (Å²) in [6.45, 7) is 0. The molecule has 0 atom stereocenters. The minimum atomic E-state index is -0.761. The number of thiophene rings is 1. The molecule has 2 aromatic heterocycles. The molecule has 0 saturated heterocycles. The van der Waals surface area contributed by atoms with Gasteiger partial charge in [0, 0.05) is 10.1 Å². The van der Waals surface area contributed by atoms with Crippen molar-refractivity contribution in [2.75, 3.05) is 0 Å². The SMILES string of the molecule is O=NC(=O)C1(Sc2nnc(Br)n2-c2sc(C3CC3)c3c2CCCC3)CCC1. The van der Waals surface area contributed by atoms with Crippen LogP contribution in [0.3, 0.4) is 0 Å².